The minimum absolute atomic E-state index is 0.0700. The van der Waals surface area contributed by atoms with Crippen LogP contribution in [0.4, 0.5) is 0 Å². The summed E-state index contributed by atoms with van der Waals surface area (Å²) in [6, 6.07) is 7.39. The summed E-state index contributed by atoms with van der Waals surface area (Å²) in [6.07, 6.45) is 0.352. The second-order valence-electron chi connectivity index (χ2n) is 3.94. The number of rotatable bonds is 4. The standard InChI is InChI=1S/C12H17N3O2/c1-9-4-3-5-10(8-9)12(16)15(2)7-6-11(13)14-17/h3-5,8,17H,6-7H2,1-2H3,(H2,13,14). The Bertz CT molecular complexity index is 430. The Morgan fingerprint density at radius 3 is 2.82 bits per heavy atom. The molecule has 0 radical (unpaired) electrons. The van der Waals surface area contributed by atoms with Crippen molar-refractivity contribution < 1.29 is 10.0 Å². The van der Waals surface area contributed by atoms with Crippen LogP contribution in [0.5, 0.6) is 0 Å². The van der Waals surface area contributed by atoms with Crippen LogP contribution in [0, 0.1) is 6.92 Å². The fraction of sp³-hybridized carbons (Fsp3) is 0.333. The maximum atomic E-state index is 12.0. The molecule has 0 heterocycles. The summed E-state index contributed by atoms with van der Waals surface area (Å²) in [5, 5.41) is 11.3. The van der Waals surface area contributed by atoms with Crippen molar-refractivity contribution in [1.29, 1.82) is 0 Å². The lowest BCUT2D eigenvalue weighted by atomic mass is 10.1. The van der Waals surface area contributed by atoms with Gasteiger partial charge in [0.1, 0.15) is 5.84 Å². The molecule has 3 N–H and O–H groups in total. The maximum absolute atomic E-state index is 12.0. The van der Waals surface area contributed by atoms with E-state index in [1.807, 2.05) is 25.1 Å². The number of aryl methyl sites for hydroxylation is 1. The molecule has 0 spiro atoms. The van der Waals surface area contributed by atoms with Gasteiger partial charge in [0.15, 0.2) is 0 Å². The zero-order chi connectivity index (χ0) is 12.8. The molecule has 0 aliphatic carbocycles. The van der Waals surface area contributed by atoms with E-state index in [2.05, 4.69) is 5.16 Å². The molecule has 0 bridgehead atoms. The van der Waals surface area contributed by atoms with Gasteiger partial charge in [0.25, 0.3) is 5.91 Å². The lowest BCUT2D eigenvalue weighted by molar-refractivity contribution is 0.0798. The van der Waals surface area contributed by atoms with E-state index in [0.717, 1.165) is 5.56 Å². The van der Waals surface area contributed by atoms with Crippen molar-refractivity contribution in [3.63, 3.8) is 0 Å². The van der Waals surface area contributed by atoms with Gasteiger partial charge in [-0.2, -0.15) is 0 Å². The number of amides is 1. The molecule has 0 unspecified atom stereocenters. The summed E-state index contributed by atoms with van der Waals surface area (Å²) in [6.45, 7) is 2.36. The Morgan fingerprint density at radius 1 is 1.53 bits per heavy atom. The van der Waals surface area contributed by atoms with Crippen molar-refractivity contribution in [3.8, 4) is 0 Å². The van der Waals surface area contributed by atoms with E-state index < -0.39 is 0 Å². The van der Waals surface area contributed by atoms with Crippen LogP contribution >= 0.6 is 0 Å². The molecule has 0 aromatic heterocycles. The molecule has 0 aliphatic rings. The summed E-state index contributed by atoms with van der Waals surface area (Å²) in [4.78, 5) is 13.5. The van der Waals surface area contributed by atoms with Gasteiger partial charge in [-0.15, -0.1) is 0 Å². The monoisotopic (exact) mass is 235 g/mol. The molecule has 1 amide bonds. The molecule has 1 aromatic carbocycles. The van der Waals surface area contributed by atoms with Gasteiger partial charge < -0.3 is 15.8 Å². The zero-order valence-electron chi connectivity index (χ0n) is 10.1. The molecular formula is C12H17N3O2. The third-order valence-electron chi connectivity index (χ3n) is 2.44. The Hall–Kier alpha value is -2.04. The van der Waals surface area contributed by atoms with Gasteiger partial charge in [-0.1, -0.05) is 22.9 Å². The third-order valence-corrected chi connectivity index (χ3v) is 2.44. The molecule has 1 rings (SSSR count). The molecule has 1 aromatic rings. The van der Waals surface area contributed by atoms with E-state index >= 15 is 0 Å². The summed E-state index contributed by atoms with van der Waals surface area (Å²) in [5.74, 6) is 0.0494. The molecule has 5 heteroatoms. The van der Waals surface area contributed by atoms with E-state index in [-0.39, 0.29) is 11.7 Å². The summed E-state index contributed by atoms with van der Waals surface area (Å²) >= 11 is 0. The van der Waals surface area contributed by atoms with Crippen LogP contribution in [0.15, 0.2) is 29.4 Å². The predicted molar refractivity (Wildman–Crippen MR) is 66.2 cm³/mol. The van der Waals surface area contributed by atoms with Crippen molar-refractivity contribution in [1.82, 2.24) is 4.90 Å². The molecule has 0 atom stereocenters. The first-order chi connectivity index (χ1) is 8.04. The van der Waals surface area contributed by atoms with Crippen LogP contribution in [0.1, 0.15) is 22.3 Å². The van der Waals surface area contributed by atoms with Gasteiger partial charge in [-0.3, -0.25) is 4.79 Å². The SMILES string of the molecule is Cc1cccc(C(=O)N(C)CC/C(N)=N/O)c1. The Labute approximate surface area is 101 Å². The van der Waals surface area contributed by atoms with Gasteiger partial charge >= 0.3 is 0 Å². The number of hydrogen-bond acceptors (Lipinski definition) is 3. The topological polar surface area (TPSA) is 78.9 Å². The van der Waals surface area contributed by atoms with Crippen LogP contribution in [-0.2, 0) is 0 Å². The lowest BCUT2D eigenvalue weighted by Gasteiger charge is -2.16. The summed E-state index contributed by atoms with van der Waals surface area (Å²) in [5.41, 5.74) is 7.03. The largest absolute Gasteiger partial charge is 0.409 e. The first kappa shape index (κ1) is 13.0. The molecule has 0 fully saturated rings. The summed E-state index contributed by atoms with van der Waals surface area (Å²) in [7, 11) is 1.69. The maximum Gasteiger partial charge on any atom is 0.253 e. The Balaban J connectivity index is 2.64. The average molecular weight is 235 g/mol. The number of carbonyl (C=O) groups is 1. The van der Waals surface area contributed by atoms with E-state index in [1.54, 1.807) is 18.0 Å². The average Bonchev–Trinajstić information content (AvgIpc) is 2.34. The molecular weight excluding hydrogens is 218 g/mol. The lowest BCUT2D eigenvalue weighted by Crippen LogP contribution is -2.30. The molecule has 0 saturated heterocycles. The van der Waals surface area contributed by atoms with Crippen molar-refractivity contribution in [3.05, 3.63) is 35.4 Å². The van der Waals surface area contributed by atoms with Crippen LogP contribution in [0.2, 0.25) is 0 Å². The van der Waals surface area contributed by atoms with Crippen LogP contribution in [0.3, 0.4) is 0 Å². The number of carbonyl (C=O) groups excluding carboxylic acids is 1. The number of oxime groups is 1. The van der Waals surface area contributed by atoms with E-state index in [1.165, 1.54) is 0 Å². The number of nitrogens with zero attached hydrogens (tertiary/aromatic N) is 2. The molecule has 17 heavy (non-hydrogen) atoms. The van der Waals surface area contributed by atoms with E-state index in [9.17, 15) is 4.79 Å². The predicted octanol–water partition coefficient (Wildman–Crippen LogP) is 1.20. The number of hydrogen-bond donors (Lipinski definition) is 2. The second kappa shape index (κ2) is 5.89. The van der Waals surface area contributed by atoms with E-state index in [0.29, 0.717) is 18.5 Å². The van der Waals surface area contributed by atoms with Gasteiger partial charge in [-0.05, 0) is 19.1 Å². The first-order valence-electron chi connectivity index (χ1n) is 5.33. The van der Waals surface area contributed by atoms with Gasteiger partial charge in [-0.25, -0.2) is 0 Å². The highest BCUT2D eigenvalue weighted by atomic mass is 16.4. The van der Waals surface area contributed by atoms with Gasteiger partial charge in [0, 0.05) is 25.6 Å². The van der Waals surface area contributed by atoms with Crippen molar-refractivity contribution in [2.75, 3.05) is 13.6 Å². The van der Waals surface area contributed by atoms with Crippen molar-refractivity contribution in [2.24, 2.45) is 10.9 Å². The highest BCUT2D eigenvalue weighted by Gasteiger charge is 2.11. The first-order valence-corrected chi connectivity index (χ1v) is 5.33. The Kier molecular flexibility index (Phi) is 4.51. The molecule has 0 saturated carbocycles. The highest BCUT2D eigenvalue weighted by Crippen LogP contribution is 2.07. The minimum atomic E-state index is -0.0700. The molecule has 92 valence electrons. The fourth-order valence-corrected chi connectivity index (χ4v) is 1.43. The van der Waals surface area contributed by atoms with Gasteiger partial charge in [0.2, 0.25) is 0 Å². The normalized spacial score (nSPS) is 11.3. The highest BCUT2D eigenvalue weighted by molar-refractivity contribution is 5.94. The number of nitrogens with two attached hydrogens (primary N) is 1. The smallest absolute Gasteiger partial charge is 0.253 e. The van der Waals surface area contributed by atoms with Gasteiger partial charge in [0.05, 0.1) is 0 Å². The fourth-order valence-electron chi connectivity index (χ4n) is 1.43. The third kappa shape index (κ3) is 3.79. The van der Waals surface area contributed by atoms with Crippen molar-refractivity contribution in [2.45, 2.75) is 13.3 Å². The molecule has 0 aliphatic heterocycles. The zero-order valence-corrected chi connectivity index (χ0v) is 10.1. The van der Waals surface area contributed by atoms with Crippen LogP contribution in [0.25, 0.3) is 0 Å². The molecule has 5 nitrogen and oxygen atoms in total. The number of amidine groups is 1. The van der Waals surface area contributed by atoms with Crippen LogP contribution < -0.4 is 5.73 Å². The van der Waals surface area contributed by atoms with Crippen LogP contribution in [-0.4, -0.2) is 35.4 Å². The quantitative estimate of drug-likeness (QED) is 0.356. The second-order valence-corrected chi connectivity index (χ2v) is 3.94. The van der Waals surface area contributed by atoms with E-state index in [4.69, 9.17) is 10.9 Å². The Morgan fingerprint density at radius 2 is 2.24 bits per heavy atom. The number of benzene rings is 1. The minimum Gasteiger partial charge on any atom is -0.409 e. The summed E-state index contributed by atoms with van der Waals surface area (Å²) < 4.78 is 0. The van der Waals surface area contributed by atoms with Crippen molar-refractivity contribution >= 4 is 11.7 Å².